The molecule has 0 spiro atoms. The Hall–Kier alpha value is -1.10. The standard InChI is InChI=1S/C16H24ClN3O/c1-2-9-20(14-7-8-18-11-14)12-16(21)19-10-13-5-3-4-6-15(13)17/h3-6,14,18H,2,7-12H2,1H3,(H,19,21). The van der Waals surface area contributed by atoms with E-state index in [0.717, 1.165) is 38.0 Å². The first-order valence-electron chi connectivity index (χ1n) is 7.65. The van der Waals surface area contributed by atoms with Crippen molar-refractivity contribution < 1.29 is 4.79 Å². The Morgan fingerprint density at radius 3 is 2.95 bits per heavy atom. The Labute approximate surface area is 131 Å². The van der Waals surface area contributed by atoms with Crippen LogP contribution in [-0.4, -0.2) is 43.0 Å². The zero-order chi connectivity index (χ0) is 15.1. The molecule has 1 aromatic carbocycles. The largest absolute Gasteiger partial charge is 0.351 e. The first-order valence-corrected chi connectivity index (χ1v) is 8.03. The fraction of sp³-hybridized carbons (Fsp3) is 0.562. The molecule has 0 aromatic heterocycles. The van der Waals surface area contributed by atoms with Crippen LogP contribution in [0.5, 0.6) is 0 Å². The number of halogens is 1. The van der Waals surface area contributed by atoms with E-state index in [1.54, 1.807) is 0 Å². The molecular formula is C16H24ClN3O. The predicted octanol–water partition coefficient (Wildman–Crippen LogP) is 2.03. The van der Waals surface area contributed by atoms with E-state index >= 15 is 0 Å². The fourth-order valence-corrected chi connectivity index (χ4v) is 2.91. The van der Waals surface area contributed by atoms with Gasteiger partial charge in [0.1, 0.15) is 0 Å². The minimum Gasteiger partial charge on any atom is -0.351 e. The Morgan fingerprint density at radius 2 is 2.29 bits per heavy atom. The van der Waals surface area contributed by atoms with Crippen molar-refractivity contribution in [2.24, 2.45) is 0 Å². The number of amides is 1. The monoisotopic (exact) mass is 309 g/mol. The van der Waals surface area contributed by atoms with E-state index in [2.05, 4.69) is 22.5 Å². The molecule has 2 rings (SSSR count). The van der Waals surface area contributed by atoms with Gasteiger partial charge in [0.25, 0.3) is 0 Å². The molecule has 116 valence electrons. The first kappa shape index (κ1) is 16.3. The smallest absolute Gasteiger partial charge is 0.234 e. The van der Waals surface area contributed by atoms with Gasteiger partial charge >= 0.3 is 0 Å². The third kappa shape index (κ3) is 4.99. The maximum absolute atomic E-state index is 12.2. The molecule has 1 aliphatic heterocycles. The van der Waals surface area contributed by atoms with Gasteiger partial charge < -0.3 is 10.6 Å². The van der Waals surface area contributed by atoms with Crippen LogP contribution in [0.15, 0.2) is 24.3 Å². The molecule has 1 unspecified atom stereocenters. The maximum Gasteiger partial charge on any atom is 0.234 e. The van der Waals surface area contributed by atoms with E-state index < -0.39 is 0 Å². The fourth-order valence-electron chi connectivity index (χ4n) is 2.70. The molecule has 1 saturated heterocycles. The van der Waals surface area contributed by atoms with Crippen LogP contribution in [0.25, 0.3) is 0 Å². The Kier molecular flexibility index (Phi) is 6.49. The topological polar surface area (TPSA) is 44.4 Å². The van der Waals surface area contributed by atoms with Crippen molar-refractivity contribution in [2.75, 3.05) is 26.2 Å². The molecule has 1 atom stereocenters. The van der Waals surface area contributed by atoms with Crippen molar-refractivity contribution in [3.8, 4) is 0 Å². The van der Waals surface area contributed by atoms with E-state index in [-0.39, 0.29) is 5.91 Å². The number of rotatable bonds is 7. The molecule has 0 radical (unpaired) electrons. The van der Waals surface area contributed by atoms with Gasteiger partial charge in [0.15, 0.2) is 0 Å². The predicted molar refractivity (Wildman–Crippen MR) is 86.4 cm³/mol. The summed E-state index contributed by atoms with van der Waals surface area (Å²) in [6, 6.07) is 8.09. The highest BCUT2D eigenvalue weighted by atomic mass is 35.5. The number of benzene rings is 1. The molecule has 1 amide bonds. The minimum atomic E-state index is 0.0651. The van der Waals surface area contributed by atoms with E-state index in [9.17, 15) is 4.79 Å². The lowest BCUT2D eigenvalue weighted by Crippen LogP contribution is -2.44. The molecule has 5 heteroatoms. The molecule has 0 saturated carbocycles. The SMILES string of the molecule is CCCN(CC(=O)NCc1ccccc1Cl)C1CCNC1. The van der Waals surface area contributed by atoms with Crippen molar-refractivity contribution in [1.29, 1.82) is 0 Å². The van der Waals surface area contributed by atoms with E-state index in [1.165, 1.54) is 0 Å². The number of nitrogens with zero attached hydrogens (tertiary/aromatic N) is 1. The third-order valence-corrected chi connectivity index (χ3v) is 4.21. The van der Waals surface area contributed by atoms with Gasteiger partial charge in [-0.1, -0.05) is 36.7 Å². The number of hydrogen-bond acceptors (Lipinski definition) is 3. The van der Waals surface area contributed by atoms with E-state index in [4.69, 9.17) is 11.6 Å². The summed E-state index contributed by atoms with van der Waals surface area (Å²) in [5.74, 6) is 0.0651. The van der Waals surface area contributed by atoms with E-state index in [1.807, 2.05) is 24.3 Å². The quantitative estimate of drug-likeness (QED) is 0.810. The second-order valence-corrected chi connectivity index (χ2v) is 5.89. The number of carbonyl (C=O) groups excluding carboxylic acids is 1. The minimum absolute atomic E-state index is 0.0651. The highest BCUT2D eigenvalue weighted by Crippen LogP contribution is 2.14. The highest BCUT2D eigenvalue weighted by Gasteiger charge is 2.23. The number of hydrogen-bond donors (Lipinski definition) is 2. The molecule has 1 aromatic rings. The average Bonchev–Trinajstić information content (AvgIpc) is 3.00. The summed E-state index contributed by atoms with van der Waals surface area (Å²) in [5, 5.41) is 7.02. The van der Waals surface area contributed by atoms with Crippen molar-refractivity contribution in [3.05, 3.63) is 34.9 Å². The summed E-state index contributed by atoms with van der Waals surface area (Å²) >= 11 is 6.10. The molecular weight excluding hydrogens is 286 g/mol. The molecule has 0 aliphatic carbocycles. The van der Waals surface area contributed by atoms with Gasteiger partial charge in [-0.05, 0) is 37.6 Å². The maximum atomic E-state index is 12.2. The Bertz CT molecular complexity index is 461. The van der Waals surface area contributed by atoms with Crippen LogP contribution in [0.4, 0.5) is 0 Å². The van der Waals surface area contributed by atoms with Gasteiger partial charge in [0.05, 0.1) is 6.54 Å². The summed E-state index contributed by atoms with van der Waals surface area (Å²) in [6.07, 6.45) is 2.19. The lowest BCUT2D eigenvalue weighted by atomic mass is 10.2. The summed E-state index contributed by atoms with van der Waals surface area (Å²) < 4.78 is 0. The van der Waals surface area contributed by atoms with Crippen molar-refractivity contribution in [2.45, 2.75) is 32.4 Å². The van der Waals surface area contributed by atoms with Crippen LogP contribution in [0.1, 0.15) is 25.3 Å². The molecule has 1 heterocycles. The summed E-state index contributed by atoms with van der Waals surface area (Å²) in [5.41, 5.74) is 0.956. The Morgan fingerprint density at radius 1 is 1.48 bits per heavy atom. The Balaban J connectivity index is 1.83. The van der Waals surface area contributed by atoms with Crippen molar-refractivity contribution >= 4 is 17.5 Å². The molecule has 0 bridgehead atoms. The normalized spacial score (nSPS) is 18.1. The number of nitrogens with one attached hydrogen (secondary N) is 2. The van der Waals surface area contributed by atoms with Crippen LogP contribution in [0.2, 0.25) is 5.02 Å². The van der Waals surface area contributed by atoms with Gasteiger partial charge in [-0.15, -0.1) is 0 Å². The zero-order valence-electron chi connectivity index (χ0n) is 12.6. The lowest BCUT2D eigenvalue weighted by molar-refractivity contribution is -0.122. The van der Waals surface area contributed by atoms with Gasteiger partial charge in [0.2, 0.25) is 5.91 Å². The van der Waals surface area contributed by atoms with Gasteiger partial charge in [-0.25, -0.2) is 0 Å². The molecule has 2 N–H and O–H groups in total. The number of carbonyl (C=O) groups is 1. The molecule has 21 heavy (non-hydrogen) atoms. The van der Waals surface area contributed by atoms with Crippen LogP contribution in [0, 0.1) is 0 Å². The second-order valence-electron chi connectivity index (χ2n) is 5.49. The van der Waals surface area contributed by atoms with Crippen molar-refractivity contribution in [1.82, 2.24) is 15.5 Å². The summed E-state index contributed by atoms with van der Waals surface area (Å²) in [7, 11) is 0. The average molecular weight is 310 g/mol. The zero-order valence-corrected chi connectivity index (χ0v) is 13.3. The van der Waals surface area contributed by atoms with Crippen LogP contribution in [-0.2, 0) is 11.3 Å². The third-order valence-electron chi connectivity index (χ3n) is 3.84. The summed E-state index contributed by atoms with van der Waals surface area (Å²) in [4.78, 5) is 14.4. The molecule has 1 fully saturated rings. The molecule has 4 nitrogen and oxygen atoms in total. The van der Waals surface area contributed by atoms with Crippen molar-refractivity contribution in [3.63, 3.8) is 0 Å². The van der Waals surface area contributed by atoms with E-state index in [0.29, 0.717) is 24.2 Å². The first-order chi connectivity index (χ1) is 10.2. The summed E-state index contributed by atoms with van der Waals surface area (Å²) in [6.45, 7) is 6.10. The highest BCUT2D eigenvalue weighted by molar-refractivity contribution is 6.31. The van der Waals surface area contributed by atoms with Crippen LogP contribution < -0.4 is 10.6 Å². The van der Waals surface area contributed by atoms with Gasteiger partial charge in [-0.2, -0.15) is 0 Å². The second kappa shape index (κ2) is 8.37. The lowest BCUT2D eigenvalue weighted by Gasteiger charge is -2.27. The van der Waals surface area contributed by atoms with Crippen LogP contribution in [0.3, 0.4) is 0 Å². The van der Waals surface area contributed by atoms with Gasteiger partial charge in [-0.3, -0.25) is 9.69 Å². The van der Waals surface area contributed by atoms with Crippen LogP contribution >= 0.6 is 11.6 Å². The van der Waals surface area contributed by atoms with Gasteiger partial charge in [0, 0.05) is 24.2 Å². The molecule has 1 aliphatic rings.